The third kappa shape index (κ3) is 3.12. The zero-order valence-electron chi connectivity index (χ0n) is 12.9. The van der Waals surface area contributed by atoms with E-state index in [0.29, 0.717) is 12.3 Å². The Bertz CT molecular complexity index is 640. The molecule has 1 atom stereocenters. The summed E-state index contributed by atoms with van der Waals surface area (Å²) in [7, 11) is 4.06. The Kier molecular flexibility index (Phi) is 4.39. The number of carbonyl (C=O) groups is 1. The number of hydrogen-bond acceptors (Lipinski definition) is 3. The van der Waals surface area contributed by atoms with Crippen molar-refractivity contribution >= 4 is 23.4 Å². The Balaban J connectivity index is 1.81. The van der Waals surface area contributed by atoms with Crippen LogP contribution in [0.15, 0.2) is 54.6 Å². The van der Waals surface area contributed by atoms with Crippen molar-refractivity contribution in [2.45, 2.75) is 11.9 Å². The molecule has 0 N–H and O–H groups in total. The van der Waals surface area contributed by atoms with E-state index in [-0.39, 0.29) is 11.3 Å². The lowest BCUT2D eigenvalue weighted by molar-refractivity contribution is -0.128. The first-order chi connectivity index (χ1) is 10.6. The van der Waals surface area contributed by atoms with Crippen LogP contribution in [0.4, 0.5) is 5.69 Å². The molecule has 22 heavy (non-hydrogen) atoms. The van der Waals surface area contributed by atoms with Crippen LogP contribution in [-0.2, 0) is 11.3 Å². The minimum atomic E-state index is 0.115. The molecule has 0 aromatic heterocycles. The summed E-state index contributed by atoms with van der Waals surface area (Å²) in [6, 6.07) is 18.7. The second kappa shape index (κ2) is 6.44. The number of carbonyl (C=O) groups excluding carboxylic acids is 1. The van der Waals surface area contributed by atoms with Gasteiger partial charge in [-0.15, -0.1) is 11.8 Å². The Hall–Kier alpha value is -1.94. The first-order valence-electron chi connectivity index (χ1n) is 7.37. The van der Waals surface area contributed by atoms with Gasteiger partial charge in [0.25, 0.3) is 0 Å². The minimum absolute atomic E-state index is 0.115. The fourth-order valence-corrected chi connectivity index (χ4v) is 3.81. The van der Waals surface area contributed by atoms with Gasteiger partial charge in [-0.3, -0.25) is 4.79 Å². The molecule has 1 fully saturated rings. The quantitative estimate of drug-likeness (QED) is 0.863. The summed E-state index contributed by atoms with van der Waals surface area (Å²) < 4.78 is 0. The molecule has 3 rings (SSSR count). The van der Waals surface area contributed by atoms with Gasteiger partial charge in [0.15, 0.2) is 0 Å². The largest absolute Gasteiger partial charge is 0.378 e. The van der Waals surface area contributed by atoms with Crippen molar-refractivity contribution in [3.8, 4) is 0 Å². The molecule has 0 saturated carbocycles. The first-order valence-corrected chi connectivity index (χ1v) is 8.42. The smallest absolute Gasteiger partial charge is 0.234 e. The van der Waals surface area contributed by atoms with Crippen LogP contribution in [0.1, 0.15) is 16.5 Å². The van der Waals surface area contributed by atoms with Gasteiger partial charge >= 0.3 is 0 Å². The molecule has 3 nitrogen and oxygen atoms in total. The highest BCUT2D eigenvalue weighted by molar-refractivity contribution is 8.00. The summed E-state index contributed by atoms with van der Waals surface area (Å²) in [6.07, 6.45) is 0. The van der Waals surface area contributed by atoms with Crippen molar-refractivity contribution in [3.63, 3.8) is 0 Å². The summed E-state index contributed by atoms with van der Waals surface area (Å²) in [4.78, 5) is 16.3. The molecule has 0 radical (unpaired) electrons. The van der Waals surface area contributed by atoms with Gasteiger partial charge in [0.05, 0.1) is 5.75 Å². The van der Waals surface area contributed by atoms with E-state index < -0.39 is 0 Å². The summed E-state index contributed by atoms with van der Waals surface area (Å²) in [5, 5.41) is 0.115. The highest BCUT2D eigenvalue weighted by atomic mass is 32.2. The van der Waals surface area contributed by atoms with Crippen LogP contribution >= 0.6 is 11.8 Å². The Labute approximate surface area is 135 Å². The van der Waals surface area contributed by atoms with Gasteiger partial charge in [-0.2, -0.15) is 0 Å². The van der Waals surface area contributed by atoms with Crippen molar-refractivity contribution in [2.75, 3.05) is 24.7 Å². The Morgan fingerprint density at radius 3 is 2.41 bits per heavy atom. The highest BCUT2D eigenvalue weighted by Crippen LogP contribution is 2.39. The molecule has 1 amide bonds. The number of amides is 1. The normalized spacial score (nSPS) is 17.8. The zero-order chi connectivity index (χ0) is 15.5. The number of thioether (sulfide) groups is 1. The van der Waals surface area contributed by atoms with E-state index in [2.05, 4.69) is 41.3 Å². The van der Waals surface area contributed by atoms with Crippen LogP contribution in [0, 0.1) is 0 Å². The van der Waals surface area contributed by atoms with Crippen LogP contribution < -0.4 is 4.90 Å². The molecule has 0 aliphatic carbocycles. The van der Waals surface area contributed by atoms with E-state index in [0.717, 1.165) is 0 Å². The van der Waals surface area contributed by atoms with Gasteiger partial charge in [-0.05, 0) is 23.3 Å². The van der Waals surface area contributed by atoms with Gasteiger partial charge in [0.2, 0.25) is 5.91 Å². The fourth-order valence-electron chi connectivity index (χ4n) is 2.62. The maximum atomic E-state index is 12.2. The van der Waals surface area contributed by atoms with E-state index in [1.54, 1.807) is 11.8 Å². The second-order valence-electron chi connectivity index (χ2n) is 5.66. The number of nitrogens with zero attached hydrogens (tertiary/aromatic N) is 2. The average Bonchev–Trinajstić information content (AvgIpc) is 2.89. The predicted octanol–water partition coefficient (Wildman–Crippen LogP) is 3.53. The Morgan fingerprint density at radius 2 is 1.77 bits per heavy atom. The van der Waals surface area contributed by atoms with Crippen molar-refractivity contribution in [2.24, 2.45) is 0 Å². The number of benzene rings is 2. The standard InChI is InChI=1S/C18H20N2OS/c1-19(2)16-10-8-15(9-11-16)18-20(17(21)13-22-18)12-14-6-4-3-5-7-14/h3-11,18H,12-13H2,1-2H3. The maximum Gasteiger partial charge on any atom is 0.234 e. The van der Waals surface area contributed by atoms with Gasteiger partial charge in [-0.25, -0.2) is 0 Å². The summed E-state index contributed by atoms with van der Waals surface area (Å²) >= 11 is 1.71. The third-order valence-corrected chi connectivity index (χ3v) is 5.11. The minimum Gasteiger partial charge on any atom is -0.378 e. The molecule has 4 heteroatoms. The lowest BCUT2D eigenvalue weighted by atomic mass is 10.1. The monoisotopic (exact) mass is 312 g/mol. The first kappa shape index (κ1) is 15.0. The van der Waals surface area contributed by atoms with Crippen molar-refractivity contribution < 1.29 is 4.79 Å². The van der Waals surface area contributed by atoms with Crippen molar-refractivity contribution in [3.05, 3.63) is 65.7 Å². The Morgan fingerprint density at radius 1 is 1.09 bits per heavy atom. The average molecular weight is 312 g/mol. The fraction of sp³-hybridized carbons (Fsp3) is 0.278. The molecule has 1 aliphatic rings. The second-order valence-corrected chi connectivity index (χ2v) is 6.73. The van der Waals surface area contributed by atoms with Gasteiger partial charge < -0.3 is 9.80 Å². The topological polar surface area (TPSA) is 23.6 Å². The predicted molar refractivity (Wildman–Crippen MR) is 93.0 cm³/mol. The molecule has 1 aliphatic heterocycles. The molecule has 0 bridgehead atoms. The number of hydrogen-bond donors (Lipinski definition) is 0. The third-order valence-electron chi connectivity index (χ3n) is 3.86. The van der Waals surface area contributed by atoms with Crippen molar-refractivity contribution in [1.29, 1.82) is 0 Å². The number of anilines is 1. The van der Waals surface area contributed by atoms with Crippen LogP contribution in [0.25, 0.3) is 0 Å². The molecule has 114 valence electrons. The molecule has 2 aromatic rings. The zero-order valence-corrected chi connectivity index (χ0v) is 13.7. The summed E-state index contributed by atoms with van der Waals surface area (Å²) in [6.45, 7) is 0.673. The van der Waals surface area contributed by atoms with Gasteiger partial charge in [0.1, 0.15) is 5.37 Å². The summed E-state index contributed by atoms with van der Waals surface area (Å²) in [5.41, 5.74) is 3.54. The molecule has 2 aromatic carbocycles. The molecular formula is C18H20N2OS. The van der Waals surface area contributed by atoms with Gasteiger partial charge in [-0.1, -0.05) is 42.5 Å². The lowest BCUT2D eigenvalue weighted by Gasteiger charge is -2.25. The van der Waals surface area contributed by atoms with E-state index in [9.17, 15) is 4.79 Å². The molecule has 1 saturated heterocycles. The van der Waals surface area contributed by atoms with Crippen LogP contribution in [0.2, 0.25) is 0 Å². The molecule has 0 spiro atoms. The van der Waals surface area contributed by atoms with E-state index in [4.69, 9.17) is 0 Å². The van der Waals surface area contributed by atoms with Crippen molar-refractivity contribution in [1.82, 2.24) is 4.90 Å². The molecule has 1 heterocycles. The van der Waals surface area contributed by atoms with E-state index in [1.165, 1.54) is 16.8 Å². The van der Waals surface area contributed by atoms with Gasteiger partial charge in [0, 0.05) is 26.3 Å². The molecule has 1 unspecified atom stereocenters. The SMILES string of the molecule is CN(C)c1ccc(C2SCC(=O)N2Cc2ccccc2)cc1. The van der Waals surface area contributed by atoms with E-state index >= 15 is 0 Å². The van der Waals surface area contributed by atoms with Crippen LogP contribution in [0.3, 0.4) is 0 Å². The lowest BCUT2D eigenvalue weighted by Crippen LogP contribution is -2.27. The number of rotatable bonds is 4. The molecular weight excluding hydrogens is 292 g/mol. The van der Waals surface area contributed by atoms with Crippen LogP contribution in [0.5, 0.6) is 0 Å². The van der Waals surface area contributed by atoms with Crippen LogP contribution in [-0.4, -0.2) is 30.7 Å². The maximum absolute atomic E-state index is 12.2. The summed E-state index contributed by atoms with van der Waals surface area (Å²) in [5.74, 6) is 0.781. The van der Waals surface area contributed by atoms with E-state index in [1.807, 2.05) is 37.2 Å². The highest BCUT2D eigenvalue weighted by Gasteiger charge is 2.32.